The van der Waals surface area contributed by atoms with Crippen molar-refractivity contribution in [1.82, 2.24) is 19.1 Å². The Bertz CT molecular complexity index is 2400. The molecule has 0 aliphatic carbocycles. The van der Waals surface area contributed by atoms with Gasteiger partial charge in [-0.2, -0.15) is 0 Å². The maximum Gasteiger partial charge on any atom is 0.335 e. The summed E-state index contributed by atoms with van der Waals surface area (Å²) in [7, 11) is 1.89. The Labute approximate surface area is 311 Å². The van der Waals surface area contributed by atoms with E-state index in [2.05, 4.69) is 21.5 Å². The molecule has 4 heterocycles. The molecule has 268 valence electrons. The zero-order chi connectivity index (χ0) is 37.2. The Morgan fingerprint density at radius 3 is 2.33 bits per heavy atom. The molecule has 1 atom stereocenters. The number of halogens is 2. The van der Waals surface area contributed by atoms with Crippen molar-refractivity contribution in [2.45, 2.75) is 60.1 Å². The van der Waals surface area contributed by atoms with Crippen LogP contribution in [0.25, 0.3) is 32.9 Å². The van der Waals surface area contributed by atoms with Crippen LogP contribution in [-0.2, 0) is 20.1 Å². The molecule has 52 heavy (non-hydrogen) atoms. The Balaban J connectivity index is 1.39. The average molecular weight is 741 g/mol. The van der Waals surface area contributed by atoms with Crippen LogP contribution in [0.2, 0.25) is 10.0 Å². The number of aliphatic hydroxyl groups excluding tert-OH is 1. The molecule has 0 radical (unpaired) electrons. The van der Waals surface area contributed by atoms with Crippen LogP contribution in [0.4, 0.5) is 5.69 Å². The van der Waals surface area contributed by atoms with Crippen LogP contribution < -0.4 is 9.64 Å². The second kappa shape index (κ2) is 13.6. The molecule has 6 aromatic rings. The first-order valence-electron chi connectivity index (χ1n) is 17.1. The molecule has 3 aromatic carbocycles. The van der Waals surface area contributed by atoms with Gasteiger partial charge in [0.2, 0.25) is 0 Å². The minimum Gasteiger partial charge on any atom is -0.494 e. The van der Waals surface area contributed by atoms with E-state index in [0.717, 1.165) is 55.0 Å². The van der Waals surface area contributed by atoms with Gasteiger partial charge in [0.1, 0.15) is 18.1 Å². The summed E-state index contributed by atoms with van der Waals surface area (Å²) in [6.07, 6.45) is 3.04. The molecule has 12 heteroatoms. The summed E-state index contributed by atoms with van der Waals surface area (Å²) in [5.41, 5.74) is 8.58. The average Bonchev–Trinajstić information content (AvgIpc) is 3.62. The van der Waals surface area contributed by atoms with Gasteiger partial charge in [-0.15, -0.1) is 0 Å². The number of nitrogens with zero attached hydrogens (tertiary/aromatic N) is 5. The highest BCUT2D eigenvalue weighted by atomic mass is 35.5. The lowest BCUT2D eigenvalue weighted by atomic mass is 9.97. The van der Waals surface area contributed by atoms with Gasteiger partial charge < -0.3 is 29.0 Å². The number of rotatable bonds is 9. The van der Waals surface area contributed by atoms with Gasteiger partial charge in [0.15, 0.2) is 5.82 Å². The second-order valence-corrected chi connectivity index (χ2v) is 14.4. The molecule has 10 nitrogen and oxygen atoms in total. The van der Waals surface area contributed by atoms with Gasteiger partial charge in [0.05, 0.1) is 28.4 Å². The standard InChI is InChI=1S/C40H39Cl2N5O5/c1-20-14-26(15-21(2)36(20)42)52-13-7-8-27-28-10-11-30(41)35(34-23(4)43-33(19-48)44-24(34)5)37(28)47-22(3)17-46(39(49)38(27)47)32-18-45(6)31-12-9-25(40(50)51)16-29(31)32/h9-12,14-16,18,22,48H,7-8,13,17,19H2,1-6H3,(H,50,51). The largest absolute Gasteiger partial charge is 0.494 e. The number of fused-ring (bicyclic) bond motifs is 4. The summed E-state index contributed by atoms with van der Waals surface area (Å²) < 4.78 is 10.2. The lowest BCUT2D eigenvalue weighted by molar-refractivity contribution is 0.0696. The molecule has 1 aliphatic rings. The Hall–Kier alpha value is -4.90. The van der Waals surface area contributed by atoms with Gasteiger partial charge in [-0.25, -0.2) is 14.8 Å². The van der Waals surface area contributed by atoms with Crippen LogP contribution in [0.15, 0.2) is 48.7 Å². The highest BCUT2D eigenvalue weighted by Gasteiger charge is 2.37. The van der Waals surface area contributed by atoms with E-state index in [0.29, 0.717) is 65.0 Å². The van der Waals surface area contributed by atoms with E-state index in [9.17, 15) is 19.8 Å². The third-order valence-corrected chi connectivity index (χ3v) is 10.9. The predicted octanol–water partition coefficient (Wildman–Crippen LogP) is 8.55. The third-order valence-electron chi connectivity index (χ3n) is 10.0. The van der Waals surface area contributed by atoms with Crippen molar-refractivity contribution in [1.29, 1.82) is 0 Å². The minimum atomic E-state index is -1.03. The maximum absolute atomic E-state index is 15.0. The van der Waals surface area contributed by atoms with E-state index in [1.165, 1.54) is 0 Å². The zero-order valence-electron chi connectivity index (χ0n) is 29.8. The number of carboxylic acids is 1. The first-order valence-corrected chi connectivity index (χ1v) is 17.9. The van der Waals surface area contributed by atoms with Crippen molar-refractivity contribution in [2.75, 3.05) is 18.1 Å². The third kappa shape index (κ3) is 5.88. The SMILES string of the molecule is Cc1cc(OCCCc2c3n(c4c(-c5c(C)nc(CO)nc5C)c(Cl)ccc24)C(C)CN(c2cn(C)c4ccc(C(=O)O)cc24)C3=O)cc(C)c1Cl. The number of carbonyl (C=O) groups excluding carboxylic acids is 1. The van der Waals surface area contributed by atoms with Crippen molar-refractivity contribution in [3.8, 4) is 16.9 Å². The van der Waals surface area contributed by atoms with Gasteiger partial charge in [0.25, 0.3) is 5.91 Å². The number of aromatic carboxylic acids is 1. The number of anilines is 1. The van der Waals surface area contributed by atoms with Gasteiger partial charge in [-0.05, 0) is 101 Å². The molecule has 1 aliphatic heterocycles. The first-order chi connectivity index (χ1) is 24.8. The number of carbonyl (C=O) groups is 2. The molecular weight excluding hydrogens is 701 g/mol. The molecule has 1 unspecified atom stereocenters. The lowest BCUT2D eigenvalue weighted by Gasteiger charge is -2.34. The molecule has 2 N–H and O–H groups in total. The van der Waals surface area contributed by atoms with E-state index in [4.69, 9.17) is 27.9 Å². The van der Waals surface area contributed by atoms with Crippen LogP contribution in [0.5, 0.6) is 5.75 Å². The summed E-state index contributed by atoms with van der Waals surface area (Å²) in [6.45, 7) is 10.2. The number of ether oxygens (including phenoxy) is 1. The van der Waals surface area contributed by atoms with Gasteiger partial charge >= 0.3 is 5.97 Å². The molecule has 1 amide bonds. The summed E-state index contributed by atoms with van der Waals surface area (Å²) in [5, 5.41) is 22.4. The lowest BCUT2D eigenvalue weighted by Crippen LogP contribution is -2.42. The Kier molecular flexibility index (Phi) is 9.27. The summed E-state index contributed by atoms with van der Waals surface area (Å²) in [6, 6.07) is 12.5. The van der Waals surface area contributed by atoms with Crippen molar-refractivity contribution in [3.63, 3.8) is 0 Å². The van der Waals surface area contributed by atoms with Crippen molar-refractivity contribution >= 4 is 62.6 Å². The summed E-state index contributed by atoms with van der Waals surface area (Å²) in [4.78, 5) is 37.8. The van der Waals surface area contributed by atoms with Crippen LogP contribution in [0, 0.1) is 27.7 Å². The van der Waals surface area contributed by atoms with Gasteiger partial charge in [0, 0.05) is 69.7 Å². The molecule has 0 spiro atoms. The van der Waals surface area contributed by atoms with Crippen LogP contribution in [-0.4, -0.2) is 54.3 Å². The molecular formula is C40H39Cl2N5O5. The number of hydrogen-bond acceptors (Lipinski definition) is 6. The number of benzene rings is 3. The summed E-state index contributed by atoms with van der Waals surface area (Å²) in [5.74, 6) is -0.159. The van der Waals surface area contributed by atoms with Crippen LogP contribution in [0.3, 0.4) is 0 Å². The Morgan fingerprint density at radius 2 is 1.67 bits per heavy atom. The monoisotopic (exact) mass is 739 g/mol. The van der Waals surface area contributed by atoms with Gasteiger partial charge in [-0.1, -0.05) is 29.3 Å². The van der Waals surface area contributed by atoms with E-state index in [1.54, 1.807) is 23.1 Å². The second-order valence-electron chi connectivity index (χ2n) is 13.6. The van der Waals surface area contributed by atoms with Gasteiger partial charge in [-0.3, -0.25) is 4.79 Å². The zero-order valence-corrected chi connectivity index (χ0v) is 31.4. The number of amides is 1. The number of aromatic nitrogens is 4. The fourth-order valence-electron chi connectivity index (χ4n) is 7.74. The molecule has 0 bridgehead atoms. The highest BCUT2D eigenvalue weighted by molar-refractivity contribution is 6.35. The van der Waals surface area contributed by atoms with E-state index >= 15 is 0 Å². The summed E-state index contributed by atoms with van der Waals surface area (Å²) >= 11 is 13.5. The minimum absolute atomic E-state index is 0.151. The molecule has 0 fully saturated rings. The maximum atomic E-state index is 15.0. The smallest absolute Gasteiger partial charge is 0.335 e. The topological polar surface area (TPSA) is 123 Å². The highest BCUT2D eigenvalue weighted by Crippen LogP contribution is 2.45. The normalized spacial score (nSPS) is 14.4. The quantitative estimate of drug-likeness (QED) is 0.143. The fraction of sp³-hybridized carbons (Fsp3) is 0.300. The van der Waals surface area contributed by atoms with Crippen molar-refractivity contribution < 1.29 is 24.5 Å². The van der Waals surface area contributed by atoms with E-state index < -0.39 is 5.97 Å². The Morgan fingerprint density at radius 1 is 0.981 bits per heavy atom. The van der Waals surface area contributed by atoms with E-state index in [-0.39, 0.29) is 24.1 Å². The molecule has 0 saturated heterocycles. The number of carboxylic acid groups (broad SMARTS) is 1. The molecule has 3 aromatic heterocycles. The van der Waals surface area contributed by atoms with Crippen LogP contribution >= 0.6 is 23.2 Å². The van der Waals surface area contributed by atoms with Crippen molar-refractivity contribution in [3.05, 3.63) is 104 Å². The van der Waals surface area contributed by atoms with Crippen molar-refractivity contribution in [2.24, 2.45) is 7.05 Å². The predicted molar refractivity (Wildman–Crippen MR) is 204 cm³/mol. The first kappa shape index (κ1) is 35.5. The molecule has 0 saturated carbocycles. The number of hydrogen-bond donors (Lipinski definition) is 2. The number of aliphatic hydroxyl groups is 1. The fourth-order valence-corrected chi connectivity index (χ4v) is 8.10. The molecule has 7 rings (SSSR count). The van der Waals surface area contributed by atoms with Crippen LogP contribution in [0.1, 0.15) is 74.1 Å². The van der Waals surface area contributed by atoms with E-state index in [1.807, 2.05) is 69.8 Å². The number of aryl methyl sites for hydroxylation is 6.